The number of thiol groups is 1. The maximum atomic E-state index is 5.40. The van der Waals surface area contributed by atoms with Gasteiger partial charge in [0, 0.05) is 12.5 Å². The summed E-state index contributed by atoms with van der Waals surface area (Å²) in [6.07, 6.45) is 0. The van der Waals surface area contributed by atoms with Crippen LogP contribution in [0.2, 0.25) is 0 Å². The van der Waals surface area contributed by atoms with Gasteiger partial charge < -0.3 is 10.5 Å². The highest BCUT2D eigenvalue weighted by molar-refractivity contribution is 7.80. The molecule has 0 aromatic heterocycles. The van der Waals surface area contributed by atoms with Gasteiger partial charge in [0.05, 0.1) is 6.61 Å². The van der Waals surface area contributed by atoms with Gasteiger partial charge in [-0.15, -0.1) is 0 Å². The van der Waals surface area contributed by atoms with E-state index in [0.29, 0.717) is 12.5 Å². The zero-order chi connectivity index (χ0) is 7.11. The minimum atomic E-state index is 0.424. The second kappa shape index (κ2) is 6.39. The molecule has 0 heterocycles. The lowest BCUT2D eigenvalue weighted by Gasteiger charge is -2.09. The summed E-state index contributed by atoms with van der Waals surface area (Å²) in [5, 5.41) is 0. The van der Waals surface area contributed by atoms with Gasteiger partial charge in [-0.1, -0.05) is 0 Å². The van der Waals surface area contributed by atoms with E-state index < -0.39 is 0 Å². The van der Waals surface area contributed by atoms with E-state index >= 15 is 0 Å². The molecule has 1 unspecified atom stereocenters. The molecule has 0 aliphatic heterocycles. The minimum absolute atomic E-state index is 0.424. The molecule has 0 bridgehead atoms. The second-order valence-electron chi connectivity index (χ2n) is 1.94. The van der Waals surface area contributed by atoms with E-state index in [1.54, 1.807) is 0 Å². The van der Waals surface area contributed by atoms with E-state index in [-0.39, 0.29) is 0 Å². The maximum absolute atomic E-state index is 5.40. The highest BCUT2D eigenvalue weighted by Gasteiger charge is 2.01. The van der Waals surface area contributed by atoms with Crippen molar-refractivity contribution in [3.8, 4) is 0 Å². The van der Waals surface area contributed by atoms with E-state index in [1.165, 1.54) is 0 Å². The van der Waals surface area contributed by atoms with E-state index in [4.69, 9.17) is 10.5 Å². The average Bonchev–Trinajstić information content (AvgIpc) is 1.91. The lowest BCUT2D eigenvalue weighted by molar-refractivity contribution is 0.120. The van der Waals surface area contributed by atoms with Crippen LogP contribution in [-0.4, -0.2) is 25.5 Å². The summed E-state index contributed by atoms with van der Waals surface area (Å²) in [6, 6.07) is 0. The molecular formula is C6H15NOS. The standard InChI is InChI=1S/C6H15NOS/c1-2-8-4-6(3-7)5-9/h6,9H,2-5,7H2,1H3. The fourth-order valence-corrected chi connectivity index (χ4v) is 0.734. The van der Waals surface area contributed by atoms with Crippen LogP contribution in [0.5, 0.6) is 0 Å². The monoisotopic (exact) mass is 149 g/mol. The Hall–Kier alpha value is 0.270. The molecule has 9 heavy (non-hydrogen) atoms. The molecular weight excluding hydrogens is 134 g/mol. The molecule has 0 saturated heterocycles. The van der Waals surface area contributed by atoms with Gasteiger partial charge in [0.1, 0.15) is 0 Å². The molecule has 0 saturated carbocycles. The molecule has 3 heteroatoms. The molecule has 0 radical (unpaired) electrons. The van der Waals surface area contributed by atoms with Gasteiger partial charge in [0.25, 0.3) is 0 Å². The van der Waals surface area contributed by atoms with E-state index in [2.05, 4.69) is 12.6 Å². The summed E-state index contributed by atoms with van der Waals surface area (Å²) in [4.78, 5) is 0. The molecule has 2 nitrogen and oxygen atoms in total. The Morgan fingerprint density at radius 3 is 2.67 bits per heavy atom. The van der Waals surface area contributed by atoms with Crippen LogP contribution in [0.1, 0.15) is 6.92 Å². The zero-order valence-electron chi connectivity index (χ0n) is 5.84. The predicted molar refractivity (Wildman–Crippen MR) is 42.9 cm³/mol. The summed E-state index contributed by atoms with van der Waals surface area (Å²) in [5.41, 5.74) is 5.40. The Morgan fingerprint density at radius 1 is 1.67 bits per heavy atom. The van der Waals surface area contributed by atoms with Gasteiger partial charge >= 0.3 is 0 Å². The van der Waals surface area contributed by atoms with Crippen LogP contribution in [0.25, 0.3) is 0 Å². The normalized spacial score (nSPS) is 13.7. The highest BCUT2D eigenvalue weighted by atomic mass is 32.1. The van der Waals surface area contributed by atoms with Crippen molar-refractivity contribution in [3.05, 3.63) is 0 Å². The Morgan fingerprint density at radius 2 is 2.33 bits per heavy atom. The lowest BCUT2D eigenvalue weighted by atomic mass is 10.2. The van der Waals surface area contributed by atoms with E-state index in [9.17, 15) is 0 Å². The largest absolute Gasteiger partial charge is 0.381 e. The third kappa shape index (κ3) is 4.75. The van der Waals surface area contributed by atoms with Crippen molar-refractivity contribution in [1.82, 2.24) is 0 Å². The first kappa shape index (κ1) is 9.27. The average molecular weight is 149 g/mol. The van der Waals surface area contributed by atoms with Gasteiger partial charge in [-0.05, 0) is 19.2 Å². The highest BCUT2D eigenvalue weighted by Crippen LogP contribution is 1.96. The van der Waals surface area contributed by atoms with E-state index in [1.807, 2.05) is 6.92 Å². The van der Waals surface area contributed by atoms with Crippen LogP contribution in [0.15, 0.2) is 0 Å². The van der Waals surface area contributed by atoms with Gasteiger partial charge in [-0.25, -0.2) is 0 Å². The first-order chi connectivity index (χ1) is 4.35. The molecule has 0 aliphatic carbocycles. The molecule has 0 aliphatic rings. The number of hydrogen-bond acceptors (Lipinski definition) is 3. The first-order valence-electron chi connectivity index (χ1n) is 3.23. The summed E-state index contributed by atoms with van der Waals surface area (Å²) in [7, 11) is 0. The van der Waals surface area contributed by atoms with Crippen molar-refractivity contribution in [1.29, 1.82) is 0 Å². The Kier molecular flexibility index (Phi) is 6.58. The smallest absolute Gasteiger partial charge is 0.0514 e. The number of hydrogen-bond donors (Lipinski definition) is 2. The SMILES string of the molecule is CCOCC(CN)CS. The molecule has 0 amide bonds. The topological polar surface area (TPSA) is 35.2 Å². The third-order valence-electron chi connectivity index (χ3n) is 1.15. The molecule has 0 spiro atoms. The van der Waals surface area contributed by atoms with Gasteiger partial charge in [0.2, 0.25) is 0 Å². The van der Waals surface area contributed by atoms with Crippen molar-refractivity contribution in [2.75, 3.05) is 25.5 Å². The Balaban J connectivity index is 3.09. The van der Waals surface area contributed by atoms with Gasteiger partial charge in [-0.3, -0.25) is 0 Å². The zero-order valence-corrected chi connectivity index (χ0v) is 6.73. The van der Waals surface area contributed by atoms with Crippen LogP contribution in [0.3, 0.4) is 0 Å². The number of ether oxygens (including phenoxy) is 1. The Labute approximate surface area is 62.2 Å². The molecule has 0 fully saturated rings. The van der Waals surface area contributed by atoms with Crippen LogP contribution in [0, 0.1) is 5.92 Å². The van der Waals surface area contributed by atoms with Gasteiger partial charge in [-0.2, -0.15) is 12.6 Å². The summed E-state index contributed by atoms with van der Waals surface area (Å²) in [6.45, 7) is 4.16. The van der Waals surface area contributed by atoms with E-state index in [0.717, 1.165) is 19.0 Å². The van der Waals surface area contributed by atoms with Crippen molar-refractivity contribution >= 4 is 12.6 Å². The fourth-order valence-electron chi connectivity index (χ4n) is 0.480. The van der Waals surface area contributed by atoms with Gasteiger partial charge in [0.15, 0.2) is 0 Å². The quantitative estimate of drug-likeness (QED) is 0.559. The van der Waals surface area contributed by atoms with Crippen molar-refractivity contribution in [2.45, 2.75) is 6.92 Å². The molecule has 0 rings (SSSR count). The minimum Gasteiger partial charge on any atom is -0.381 e. The summed E-state index contributed by atoms with van der Waals surface area (Å²) >= 11 is 4.11. The van der Waals surface area contributed by atoms with Crippen LogP contribution < -0.4 is 5.73 Å². The summed E-state index contributed by atoms with van der Waals surface area (Å²) < 4.78 is 5.15. The Bertz CT molecular complexity index is 57.0. The number of rotatable bonds is 5. The lowest BCUT2D eigenvalue weighted by Crippen LogP contribution is -2.21. The molecule has 1 atom stereocenters. The van der Waals surface area contributed by atoms with Crippen molar-refractivity contribution in [3.63, 3.8) is 0 Å². The molecule has 56 valence electrons. The maximum Gasteiger partial charge on any atom is 0.0514 e. The van der Waals surface area contributed by atoms with Crippen molar-refractivity contribution < 1.29 is 4.74 Å². The van der Waals surface area contributed by atoms with Crippen molar-refractivity contribution in [2.24, 2.45) is 11.7 Å². The molecule has 0 aromatic carbocycles. The first-order valence-corrected chi connectivity index (χ1v) is 3.87. The fraction of sp³-hybridized carbons (Fsp3) is 1.00. The summed E-state index contributed by atoms with van der Waals surface area (Å²) in [5.74, 6) is 1.24. The predicted octanol–water partition coefficient (Wildman–Crippen LogP) is 0.528. The van der Waals surface area contributed by atoms with Crippen LogP contribution in [0.4, 0.5) is 0 Å². The van der Waals surface area contributed by atoms with Crippen LogP contribution in [-0.2, 0) is 4.74 Å². The number of nitrogens with two attached hydrogens (primary N) is 1. The molecule has 0 aromatic rings. The molecule has 2 N–H and O–H groups in total. The third-order valence-corrected chi connectivity index (χ3v) is 1.67. The second-order valence-corrected chi connectivity index (χ2v) is 2.31. The van der Waals surface area contributed by atoms with Crippen LogP contribution >= 0.6 is 12.6 Å².